The first-order chi connectivity index (χ1) is 16.9. The Bertz CT molecular complexity index is 1480. The van der Waals surface area contributed by atoms with E-state index in [2.05, 4.69) is 4.98 Å². The average Bonchev–Trinajstić information content (AvgIpc) is 3.39. The van der Waals surface area contributed by atoms with Gasteiger partial charge < -0.3 is 5.11 Å². The monoisotopic (exact) mass is 488 g/mol. The number of aliphatic hydroxyl groups is 1. The second kappa shape index (κ2) is 8.88. The summed E-state index contributed by atoms with van der Waals surface area (Å²) in [6.45, 7) is 1.69. The Kier molecular flexibility index (Phi) is 5.74. The Balaban J connectivity index is 1.63. The second-order valence-electron chi connectivity index (χ2n) is 7.98. The summed E-state index contributed by atoms with van der Waals surface area (Å²) in [5.74, 6) is -4.38. The highest BCUT2D eigenvalue weighted by atomic mass is 32.1. The van der Waals surface area contributed by atoms with Crippen molar-refractivity contribution in [2.75, 3.05) is 4.90 Å². The van der Waals surface area contributed by atoms with Gasteiger partial charge in [-0.05, 0) is 24.6 Å². The molecule has 1 aromatic heterocycles. The Labute approximate surface area is 203 Å². The molecule has 5 rings (SSSR count). The molecule has 2 heterocycles. The fourth-order valence-corrected chi connectivity index (χ4v) is 5.15. The standard InChI is InChI=1S/C27H18F2N2O3S/c1-15-25(35-26(30-15)17-10-6-3-7-11-17)23(32)21-22(16-8-4-2-5-9-16)31(27(34)24(21)33)18-12-13-19(28)20(29)14-18/h2-14,22,33H,1H3. The molecule has 1 aliphatic rings. The number of amides is 1. The highest BCUT2D eigenvalue weighted by Crippen LogP contribution is 2.43. The number of halogens is 2. The van der Waals surface area contributed by atoms with Gasteiger partial charge in [-0.1, -0.05) is 60.7 Å². The number of rotatable bonds is 5. The van der Waals surface area contributed by atoms with Crippen molar-refractivity contribution in [2.24, 2.45) is 0 Å². The molecular formula is C27H18F2N2O3S. The van der Waals surface area contributed by atoms with Gasteiger partial charge in [0.15, 0.2) is 17.4 Å². The van der Waals surface area contributed by atoms with Crippen LogP contribution in [0.25, 0.3) is 10.6 Å². The lowest BCUT2D eigenvalue weighted by molar-refractivity contribution is -0.117. The number of thiazole rings is 1. The summed E-state index contributed by atoms with van der Waals surface area (Å²) in [6, 6.07) is 19.9. The van der Waals surface area contributed by atoms with E-state index in [-0.39, 0.29) is 16.1 Å². The number of carbonyl (C=O) groups is 2. The Morgan fingerprint density at radius 1 is 0.971 bits per heavy atom. The van der Waals surface area contributed by atoms with E-state index in [1.54, 1.807) is 37.3 Å². The normalized spacial score (nSPS) is 15.7. The van der Waals surface area contributed by atoms with Crippen molar-refractivity contribution in [3.05, 3.63) is 118 Å². The van der Waals surface area contributed by atoms with Crippen molar-refractivity contribution in [1.82, 2.24) is 4.98 Å². The van der Waals surface area contributed by atoms with Crippen molar-refractivity contribution < 1.29 is 23.5 Å². The average molecular weight is 489 g/mol. The van der Waals surface area contributed by atoms with Crippen LogP contribution in [0.3, 0.4) is 0 Å². The molecule has 1 atom stereocenters. The van der Waals surface area contributed by atoms with Crippen molar-refractivity contribution >= 4 is 28.7 Å². The molecule has 0 saturated heterocycles. The number of carbonyl (C=O) groups excluding carboxylic acids is 2. The molecular weight excluding hydrogens is 470 g/mol. The molecule has 4 aromatic rings. The Morgan fingerprint density at radius 2 is 1.63 bits per heavy atom. The summed E-state index contributed by atoms with van der Waals surface area (Å²) >= 11 is 1.16. The van der Waals surface area contributed by atoms with Crippen LogP contribution in [0.2, 0.25) is 0 Å². The maximum Gasteiger partial charge on any atom is 0.294 e. The van der Waals surface area contributed by atoms with Crippen LogP contribution >= 0.6 is 11.3 Å². The zero-order valence-electron chi connectivity index (χ0n) is 18.4. The van der Waals surface area contributed by atoms with Crippen LogP contribution in [-0.4, -0.2) is 21.8 Å². The molecule has 0 bridgehead atoms. The van der Waals surface area contributed by atoms with Crippen molar-refractivity contribution in [3.63, 3.8) is 0 Å². The van der Waals surface area contributed by atoms with Crippen LogP contribution in [0.4, 0.5) is 14.5 Å². The number of aromatic nitrogens is 1. The first-order valence-corrected chi connectivity index (χ1v) is 11.5. The predicted octanol–water partition coefficient (Wildman–Crippen LogP) is 6.18. The summed E-state index contributed by atoms with van der Waals surface area (Å²) < 4.78 is 27.7. The van der Waals surface area contributed by atoms with E-state index >= 15 is 0 Å². The number of Topliss-reactive ketones (excluding diaryl/α,β-unsaturated/α-hetero) is 1. The third-order valence-corrected chi connectivity index (χ3v) is 6.98. The van der Waals surface area contributed by atoms with Crippen molar-refractivity contribution in [3.8, 4) is 10.6 Å². The number of nitrogens with zero attached hydrogens (tertiary/aromatic N) is 2. The van der Waals surface area contributed by atoms with Gasteiger partial charge in [0.1, 0.15) is 5.01 Å². The lowest BCUT2D eigenvalue weighted by Crippen LogP contribution is -2.31. The van der Waals surface area contributed by atoms with Crippen LogP contribution in [0.5, 0.6) is 0 Å². The summed E-state index contributed by atoms with van der Waals surface area (Å²) in [4.78, 5) is 32.9. The lowest BCUT2D eigenvalue weighted by atomic mass is 9.95. The molecule has 1 amide bonds. The molecule has 1 aliphatic heterocycles. The molecule has 1 N–H and O–H groups in total. The van der Waals surface area contributed by atoms with Gasteiger partial charge in [-0.25, -0.2) is 13.8 Å². The zero-order chi connectivity index (χ0) is 24.7. The third kappa shape index (κ3) is 3.91. The van der Waals surface area contributed by atoms with E-state index in [0.29, 0.717) is 16.3 Å². The molecule has 5 nitrogen and oxygen atoms in total. The van der Waals surface area contributed by atoms with Crippen LogP contribution in [0.15, 0.2) is 90.2 Å². The largest absolute Gasteiger partial charge is 0.503 e. The van der Waals surface area contributed by atoms with Gasteiger partial charge in [0, 0.05) is 17.3 Å². The van der Waals surface area contributed by atoms with Gasteiger partial charge in [-0.3, -0.25) is 14.5 Å². The van der Waals surface area contributed by atoms with Gasteiger partial charge in [0.2, 0.25) is 5.78 Å². The minimum Gasteiger partial charge on any atom is -0.503 e. The topological polar surface area (TPSA) is 70.5 Å². The van der Waals surface area contributed by atoms with Gasteiger partial charge >= 0.3 is 0 Å². The number of hydrogen-bond acceptors (Lipinski definition) is 5. The number of benzene rings is 3. The predicted molar refractivity (Wildman–Crippen MR) is 129 cm³/mol. The van der Waals surface area contributed by atoms with Crippen LogP contribution in [0.1, 0.15) is 27.0 Å². The number of anilines is 1. The SMILES string of the molecule is Cc1nc(-c2ccccc2)sc1C(=O)C1=C(O)C(=O)N(c2ccc(F)c(F)c2)C1c1ccccc1. The van der Waals surface area contributed by atoms with Gasteiger partial charge in [0.05, 0.1) is 22.2 Å². The minimum absolute atomic E-state index is 0.0168. The van der Waals surface area contributed by atoms with E-state index < -0.39 is 35.1 Å². The number of hydrogen-bond donors (Lipinski definition) is 1. The number of aryl methyl sites for hydroxylation is 1. The second-order valence-corrected chi connectivity index (χ2v) is 8.98. The van der Waals surface area contributed by atoms with Gasteiger partial charge in [-0.2, -0.15) is 0 Å². The molecule has 0 saturated carbocycles. The van der Waals surface area contributed by atoms with E-state index in [1.165, 1.54) is 6.07 Å². The van der Waals surface area contributed by atoms with E-state index in [4.69, 9.17) is 0 Å². The van der Waals surface area contributed by atoms with Crippen LogP contribution in [-0.2, 0) is 4.79 Å². The molecule has 174 valence electrons. The van der Waals surface area contributed by atoms with Crippen LogP contribution in [0, 0.1) is 18.6 Å². The molecule has 0 fully saturated rings. The lowest BCUT2D eigenvalue weighted by Gasteiger charge is -2.27. The molecule has 35 heavy (non-hydrogen) atoms. The third-order valence-electron chi connectivity index (χ3n) is 5.77. The molecule has 3 aromatic carbocycles. The fraction of sp³-hybridized carbons (Fsp3) is 0.0741. The first kappa shape index (κ1) is 22.6. The van der Waals surface area contributed by atoms with Gasteiger partial charge in [0.25, 0.3) is 5.91 Å². The van der Waals surface area contributed by atoms with Crippen LogP contribution < -0.4 is 4.90 Å². The quantitative estimate of drug-likeness (QED) is 0.341. The van der Waals surface area contributed by atoms with E-state index in [0.717, 1.165) is 33.9 Å². The van der Waals surface area contributed by atoms with Crippen molar-refractivity contribution in [1.29, 1.82) is 0 Å². The maximum atomic E-state index is 14.1. The summed E-state index contributed by atoms with van der Waals surface area (Å²) in [5, 5.41) is 11.5. The molecule has 8 heteroatoms. The smallest absolute Gasteiger partial charge is 0.294 e. The van der Waals surface area contributed by atoms with Crippen molar-refractivity contribution in [2.45, 2.75) is 13.0 Å². The summed E-state index contributed by atoms with van der Waals surface area (Å²) in [7, 11) is 0. The Morgan fingerprint density at radius 3 is 2.29 bits per heavy atom. The summed E-state index contributed by atoms with van der Waals surface area (Å²) in [6.07, 6.45) is 0. The molecule has 0 aliphatic carbocycles. The zero-order valence-corrected chi connectivity index (χ0v) is 19.2. The number of aliphatic hydroxyl groups excluding tert-OH is 1. The molecule has 0 spiro atoms. The molecule has 1 unspecified atom stereocenters. The minimum atomic E-state index is -1.15. The van der Waals surface area contributed by atoms with E-state index in [1.807, 2.05) is 30.3 Å². The first-order valence-electron chi connectivity index (χ1n) is 10.7. The number of ketones is 1. The highest BCUT2D eigenvalue weighted by molar-refractivity contribution is 7.17. The summed E-state index contributed by atoms with van der Waals surface area (Å²) in [5.41, 5.74) is 1.71. The highest BCUT2D eigenvalue weighted by Gasteiger charge is 2.45. The Hall–Kier alpha value is -4.17. The van der Waals surface area contributed by atoms with Gasteiger partial charge in [-0.15, -0.1) is 11.3 Å². The fourth-order valence-electron chi connectivity index (χ4n) is 4.12. The van der Waals surface area contributed by atoms with E-state index in [9.17, 15) is 23.5 Å². The maximum absolute atomic E-state index is 14.1. The molecule has 0 radical (unpaired) electrons.